The fraction of sp³-hybridized carbons (Fsp3) is 0.167. The molecule has 0 fully saturated rings. The lowest BCUT2D eigenvalue weighted by atomic mass is 10.2. The number of carbonyl (C=O) groups excluding carboxylic acids is 1. The highest BCUT2D eigenvalue weighted by Gasteiger charge is 2.16. The van der Waals surface area contributed by atoms with Gasteiger partial charge in [0.25, 0.3) is 5.89 Å². The summed E-state index contributed by atoms with van der Waals surface area (Å²) in [6, 6.07) is 16.7. The summed E-state index contributed by atoms with van der Waals surface area (Å²) in [7, 11) is 0. The van der Waals surface area contributed by atoms with Gasteiger partial charge in [-0.15, -0.1) is 0 Å². The summed E-state index contributed by atoms with van der Waals surface area (Å²) < 4.78 is 11.1. The van der Waals surface area contributed by atoms with Crippen LogP contribution < -0.4 is 10.1 Å². The van der Waals surface area contributed by atoms with E-state index >= 15 is 0 Å². The molecule has 0 radical (unpaired) electrons. The number of ether oxygens (including phenoxy) is 1. The van der Waals surface area contributed by atoms with Gasteiger partial charge in [-0.3, -0.25) is 4.79 Å². The van der Waals surface area contributed by atoms with E-state index in [1.807, 2.05) is 37.3 Å². The van der Waals surface area contributed by atoms with Gasteiger partial charge in [-0.1, -0.05) is 35.5 Å². The van der Waals surface area contributed by atoms with Crippen LogP contribution in [0.2, 0.25) is 0 Å². The molecule has 1 N–H and O–H groups in total. The maximum atomic E-state index is 11.0. The van der Waals surface area contributed by atoms with E-state index in [0.29, 0.717) is 23.2 Å². The van der Waals surface area contributed by atoms with Crippen LogP contribution in [0.25, 0.3) is 11.4 Å². The fourth-order valence-electron chi connectivity index (χ4n) is 2.18. The first-order chi connectivity index (χ1) is 11.6. The van der Waals surface area contributed by atoms with Crippen molar-refractivity contribution in [2.24, 2.45) is 0 Å². The Morgan fingerprint density at radius 3 is 2.50 bits per heavy atom. The number of anilines is 1. The van der Waals surface area contributed by atoms with Crippen LogP contribution >= 0.6 is 0 Å². The van der Waals surface area contributed by atoms with Crippen LogP contribution in [-0.2, 0) is 4.79 Å². The molecular formula is C18H17N3O3. The molecule has 0 unspecified atom stereocenters. The summed E-state index contributed by atoms with van der Waals surface area (Å²) in [5, 5.41) is 6.69. The third-order valence-corrected chi connectivity index (χ3v) is 3.31. The molecule has 6 heteroatoms. The zero-order valence-electron chi connectivity index (χ0n) is 13.4. The summed E-state index contributed by atoms with van der Waals surface area (Å²) in [6.45, 7) is 3.30. The monoisotopic (exact) mass is 323 g/mol. The minimum Gasteiger partial charge on any atom is -0.481 e. The van der Waals surface area contributed by atoms with E-state index in [0.717, 1.165) is 5.56 Å². The Morgan fingerprint density at radius 2 is 1.83 bits per heavy atom. The molecule has 1 amide bonds. The topological polar surface area (TPSA) is 77.2 Å². The number of rotatable bonds is 5. The minimum atomic E-state index is -0.387. The third-order valence-electron chi connectivity index (χ3n) is 3.31. The van der Waals surface area contributed by atoms with Crippen molar-refractivity contribution in [1.82, 2.24) is 10.1 Å². The lowest BCUT2D eigenvalue weighted by Crippen LogP contribution is -2.06. The maximum absolute atomic E-state index is 11.0. The maximum Gasteiger partial charge on any atom is 0.267 e. The van der Waals surface area contributed by atoms with Gasteiger partial charge in [0.05, 0.1) is 0 Å². The Balaban J connectivity index is 1.68. The van der Waals surface area contributed by atoms with Crippen LogP contribution in [-0.4, -0.2) is 16.0 Å². The zero-order valence-corrected chi connectivity index (χ0v) is 13.4. The van der Waals surface area contributed by atoms with E-state index in [1.165, 1.54) is 6.92 Å². The van der Waals surface area contributed by atoms with Crippen molar-refractivity contribution in [3.05, 3.63) is 60.5 Å². The normalized spacial score (nSPS) is 11.8. The minimum absolute atomic E-state index is 0.115. The quantitative estimate of drug-likeness (QED) is 0.772. The van der Waals surface area contributed by atoms with E-state index in [4.69, 9.17) is 9.26 Å². The molecule has 24 heavy (non-hydrogen) atoms. The number of nitrogens with zero attached hydrogens (tertiary/aromatic N) is 2. The molecule has 1 heterocycles. The van der Waals surface area contributed by atoms with Gasteiger partial charge >= 0.3 is 0 Å². The number of hydrogen-bond acceptors (Lipinski definition) is 5. The van der Waals surface area contributed by atoms with Gasteiger partial charge in [0.15, 0.2) is 6.10 Å². The standard InChI is InChI=1S/C18H17N3O3/c1-12(23-16-10-8-15(9-11-16)19-13(2)22)18-20-17(21-24-18)14-6-4-3-5-7-14/h3-12H,1-2H3,(H,19,22)/t12-/m0/s1. The van der Waals surface area contributed by atoms with Gasteiger partial charge in [-0.2, -0.15) is 4.98 Å². The van der Waals surface area contributed by atoms with Gasteiger partial charge in [0, 0.05) is 18.2 Å². The first-order valence-electron chi connectivity index (χ1n) is 7.55. The van der Waals surface area contributed by atoms with E-state index in [1.54, 1.807) is 24.3 Å². The van der Waals surface area contributed by atoms with Crippen molar-refractivity contribution in [1.29, 1.82) is 0 Å². The Bertz CT molecular complexity index is 813. The van der Waals surface area contributed by atoms with Crippen LogP contribution in [0, 0.1) is 0 Å². The number of benzene rings is 2. The van der Waals surface area contributed by atoms with E-state index in [-0.39, 0.29) is 12.0 Å². The summed E-state index contributed by atoms with van der Waals surface area (Å²) in [4.78, 5) is 15.4. The van der Waals surface area contributed by atoms with E-state index < -0.39 is 0 Å². The van der Waals surface area contributed by atoms with Crippen molar-refractivity contribution in [2.45, 2.75) is 20.0 Å². The first-order valence-corrected chi connectivity index (χ1v) is 7.55. The smallest absolute Gasteiger partial charge is 0.267 e. The molecule has 122 valence electrons. The number of carbonyl (C=O) groups is 1. The lowest BCUT2D eigenvalue weighted by Gasteiger charge is -2.11. The van der Waals surface area contributed by atoms with E-state index in [2.05, 4.69) is 15.5 Å². The van der Waals surface area contributed by atoms with Gasteiger partial charge in [-0.05, 0) is 31.2 Å². The predicted octanol–water partition coefficient (Wildman–Crippen LogP) is 3.84. The average Bonchev–Trinajstić information content (AvgIpc) is 3.07. The highest BCUT2D eigenvalue weighted by Crippen LogP contribution is 2.24. The molecule has 0 aliphatic heterocycles. The molecule has 6 nitrogen and oxygen atoms in total. The number of hydrogen-bond donors (Lipinski definition) is 1. The van der Waals surface area contributed by atoms with Gasteiger partial charge in [0.1, 0.15) is 5.75 Å². The van der Waals surface area contributed by atoms with Crippen molar-refractivity contribution in [2.75, 3.05) is 5.32 Å². The van der Waals surface area contributed by atoms with Crippen molar-refractivity contribution in [3.8, 4) is 17.1 Å². The zero-order chi connectivity index (χ0) is 16.9. The molecule has 0 aliphatic carbocycles. The molecule has 0 spiro atoms. The Morgan fingerprint density at radius 1 is 1.12 bits per heavy atom. The van der Waals surface area contributed by atoms with Crippen LogP contribution in [0.3, 0.4) is 0 Å². The molecule has 0 bridgehead atoms. The summed E-state index contributed by atoms with van der Waals surface area (Å²) in [6.07, 6.45) is -0.387. The predicted molar refractivity (Wildman–Crippen MR) is 89.5 cm³/mol. The number of amides is 1. The Hall–Kier alpha value is -3.15. The number of nitrogens with one attached hydrogen (secondary N) is 1. The highest BCUT2D eigenvalue weighted by atomic mass is 16.5. The number of aromatic nitrogens is 2. The SMILES string of the molecule is CC(=O)Nc1ccc(O[C@@H](C)c2nc(-c3ccccc3)no2)cc1. The molecule has 2 aromatic carbocycles. The van der Waals surface area contributed by atoms with Gasteiger partial charge in [0.2, 0.25) is 11.7 Å². The molecule has 3 aromatic rings. The molecule has 0 saturated carbocycles. The average molecular weight is 323 g/mol. The second-order valence-electron chi connectivity index (χ2n) is 5.29. The molecule has 1 atom stereocenters. The van der Waals surface area contributed by atoms with Crippen LogP contribution in [0.5, 0.6) is 5.75 Å². The largest absolute Gasteiger partial charge is 0.481 e. The highest BCUT2D eigenvalue weighted by molar-refractivity contribution is 5.88. The first kappa shape index (κ1) is 15.7. The lowest BCUT2D eigenvalue weighted by molar-refractivity contribution is -0.114. The molecule has 0 aliphatic rings. The summed E-state index contributed by atoms with van der Waals surface area (Å²) in [5.41, 5.74) is 1.60. The van der Waals surface area contributed by atoms with Crippen LogP contribution in [0.4, 0.5) is 5.69 Å². The molecular weight excluding hydrogens is 306 g/mol. The molecule has 0 saturated heterocycles. The molecule has 3 rings (SSSR count). The third kappa shape index (κ3) is 3.78. The second-order valence-corrected chi connectivity index (χ2v) is 5.29. The molecule has 1 aromatic heterocycles. The van der Waals surface area contributed by atoms with E-state index in [9.17, 15) is 4.79 Å². The van der Waals surface area contributed by atoms with Gasteiger partial charge < -0.3 is 14.6 Å². The van der Waals surface area contributed by atoms with Crippen LogP contribution in [0.15, 0.2) is 59.1 Å². The fourth-order valence-corrected chi connectivity index (χ4v) is 2.18. The second kappa shape index (κ2) is 6.95. The van der Waals surface area contributed by atoms with Crippen molar-refractivity contribution >= 4 is 11.6 Å². The van der Waals surface area contributed by atoms with Gasteiger partial charge in [-0.25, -0.2) is 0 Å². The van der Waals surface area contributed by atoms with Crippen LogP contribution in [0.1, 0.15) is 25.8 Å². The summed E-state index contributed by atoms with van der Waals surface area (Å²) >= 11 is 0. The summed E-state index contributed by atoms with van der Waals surface area (Å²) in [5.74, 6) is 1.47. The van der Waals surface area contributed by atoms with Crippen molar-refractivity contribution < 1.29 is 14.1 Å². The Kier molecular flexibility index (Phi) is 4.56. The van der Waals surface area contributed by atoms with Crippen molar-refractivity contribution in [3.63, 3.8) is 0 Å². The Labute approximate surface area is 139 Å².